The van der Waals surface area contributed by atoms with Crippen LogP contribution < -0.4 is 0 Å². The molecule has 25 heavy (non-hydrogen) atoms. The lowest BCUT2D eigenvalue weighted by Crippen LogP contribution is -2.44. The average Bonchev–Trinajstić information content (AvgIpc) is 3.13. The third-order valence-corrected chi connectivity index (χ3v) is 8.83. The molecular weight excluding hydrogens is 418 g/mol. The summed E-state index contributed by atoms with van der Waals surface area (Å²) in [6.45, 7) is 3.80. The summed E-state index contributed by atoms with van der Waals surface area (Å²) in [6.07, 6.45) is 8.98. The van der Waals surface area contributed by atoms with Crippen molar-refractivity contribution in [2.75, 3.05) is 6.26 Å². The summed E-state index contributed by atoms with van der Waals surface area (Å²) in [4.78, 5) is 1.09. The minimum absolute atomic E-state index is 0.154. The van der Waals surface area contributed by atoms with E-state index in [1.807, 2.05) is 37.5 Å². The van der Waals surface area contributed by atoms with E-state index in [1.54, 1.807) is 43.2 Å². The van der Waals surface area contributed by atoms with Crippen LogP contribution in [0.1, 0.15) is 19.4 Å². The van der Waals surface area contributed by atoms with E-state index >= 15 is 0 Å². The lowest BCUT2D eigenvalue weighted by Gasteiger charge is -2.37. The second kappa shape index (κ2) is 6.82. The summed E-state index contributed by atoms with van der Waals surface area (Å²) in [6, 6.07) is 11.6. The Kier molecular flexibility index (Phi) is 5.06. The van der Waals surface area contributed by atoms with Crippen LogP contribution in [0.25, 0.3) is 5.57 Å². The molecule has 2 atom stereocenters. The predicted molar refractivity (Wildman–Crippen MR) is 110 cm³/mol. The molecule has 2 unspecified atom stereocenters. The second-order valence-corrected chi connectivity index (χ2v) is 10.3. The van der Waals surface area contributed by atoms with Gasteiger partial charge in [0.2, 0.25) is 10.0 Å². The Labute approximate surface area is 162 Å². The highest BCUT2D eigenvalue weighted by Crippen LogP contribution is 2.46. The molecule has 0 saturated carbocycles. The van der Waals surface area contributed by atoms with Crippen LogP contribution >= 0.6 is 27.7 Å². The van der Waals surface area contributed by atoms with Crippen molar-refractivity contribution in [1.29, 1.82) is 0 Å². The van der Waals surface area contributed by atoms with E-state index in [0.29, 0.717) is 0 Å². The van der Waals surface area contributed by atoms with Crippen molar-refractivity contribution in [3.8, 4) is 0 Å². The van der Waals surface area contributed by atoms with Crippen molar-refractivity contribution < 1.29 is 8.42 Å². The van der Waals surface area contributed by atoms with Gasteiger partial charge in [-0.2, -0.15) is 0 Å². The molecule has 0 radical (unpaired) electrons. The minimum Gasteiger partial charge on any atom is -0.252 e. The van der Waals surface area contributed by atoms with Gasteiger partial charge in [0.1, 0.15) is 4.75 Å². The Morgan fingerprint density at radius 1 is 1.16 bits per heavy atom. The van der Waals surface area contributed by atoms with E-state index in [1.165, 1.54) is 3.97 Å². The van der Waals surface area contributed by atoms with Gasteiger partial charge < -0.3 is 0 Å². The highest BCUT2D eigenvalue weighted by atomic mass is 79.9. The standard InChI is InChI=1S/C19H20BrNO2S2/c1-14-18(24-3)17(15-6-8-16(20)9-7-15)10-11-19(14,2)25(22,23)21-12-4-5-13-21/h4-14H,1-3H3. The van der Waals surface area contributed by atoms with E-state index in [4.69, 9.17) is 0 Å². The highest BCUT2D eigenvalue weighted by Gasteiger charge is 2.46. The van der Waals surface area contributed by atoms with Crippen LogP contribution in [0.4, 0.5) is 0 Å². The van der Waals surface area contributed by atoms with Crippen molar-refractivity contribution in [3.63, 3.8) is 0 Å². The quantitative estimate of drug-likeness (QED) is 0.662. The predicted octanol–water partition coefficient (Wildman–Crippen LogP) is 5.17. The zero-order chi connectivity index (χ0) is 18.2. The Bertz CT molecular complexity index is 928. The van der Waals surface area contributed by atoms with E-state index < -0.39 is 14.8 Å². The van der Waals surface area contributed by atoms with Crippen molar-refractivity contribution in [1.82, 2.24) is 3.97 Å². The number of hydrogen-bond acceptors (Lipinski definition) is 3. The van der Waals surface area contributed by atoms with Crippen molar-refractivity contribution in [2.45, 2.75) is 18.6 Å². The van der Waals surface area contributed by atoms with E-state index in [2.05, 4.69) is 28.1 Å². The second-order valence-electron chi connectivity index (χ2n) is 6.25. The van der Waals surface area contributed by atoms with Gasteiger partial charge in [-0.25, -0.2) is 8.42 Å². The van der Waals surface area contributed by atoms with Crippen LogP contribution in [-0.4, -0.2) is 23.4 Å². The van der Waals surface area contributed by atoms with Crippen molar-refractivity contribution >= 4 is 43.3 Å². The number of thioether (sulfide) groups is 1. The van der Waals surface area contributed by atoms with Gasteiger partial charge in [0.05, 0.1) is 0 Å². The Balaban J connectivity index is 2.10. The van der Waals surface area contributed by atoms with Gasteiger partial charge in [0.25, 0.3) is 0 Å². The summed E-state index contributed by atoms with van der Waals surface area (Å²) in [5.74, 6) is -0.154. The van der Waals surface area contributed by atoms with E-state index in [0.717, 1.165) is 20.5 Å². The van der Waals surface area contributed by atoms with Crippen molar-refractivity contribution in [3.05, 3.63) is 75.9 Å². The number of benzene rings is 1. The van der Waals surface area contributed by atoms with Crippen LogP contribution in [-0.2, 0) is 10.0 Å². The van der Waals surface area contributed by atoms with Crippen LogP contribution in [0, 0.1) is 5.92 Å². The molecule has 0 amide bonds. The molecule has 6 heteroatoms. The number of allylic oxidation sites excluding steroid dienone is 3. The molecule has 0 bridgehead atoms. The number of rotatable bonds is 4. The highest BCUT2D eigenvalue weighted by molar-refractivity contribution is 9.10. The van der Waals surface area contributed by atoms with Crippen molar-refractivity contribution in [2.24, 2.45) is 5.92 Å². The molecule has 0 saturated heterocycles. The lowest BCUT2D eigenvalue weighted by molar-refractivity contribution is 0.504. The average molecular weight is 438 g/mol. The minimum atomic E-state index is -3.55. The first kappa shape index (κ1) is 18.5. The molecular formula is C19H20BrNO2S2. The smallest absolute Gasteiger partial charge is 0.248 e. The summed E-state index contributed by atoms with van der Waals surface area (Å²) < 4.78 is 27.7. The molecule has 2 aromatic rings. The Morgan fingerprint density at radius 2 is 1.76 bits per heavy atom. The first-order valence-electron chi connectivity index (χ1n) is 7.92. The fourth-order valence-electron chi connectivity index (χ4n) is 3.14. The third-order valence-electron chi connectivity index (χ3n) is 4.89. The van der Waals surface area contributed by atoms with Gasteiger partial charge in [0, 0.05) is 22.8 Å². The molecule has 1 aliphatic rings. The number of halogens is 1. The van der Waals surface area contributed by atoms with Gasteiger partial charge in [0.15, 0.2) is 0 Å². The zero-order valence-corrected chi connectivity index (χ0v) is 17.5. The molecule has 1 aromatic carbocycles. The van der Waals surface area contributed by atoms with Crippen LogP contribution in [0.2, 0.25) is 0 Å². The topological polar surface area (TPSA) is 39.1 Å². The summed E-state index contributed by atoms with van der Waals surface area (Å²) in [5, 5.41) is 0. The molecule has 1 aliphatic carbocycles. The molecule has 3 nitrogen and oxygen atoms in total. The van der Waals surface area contributed by atoms with E-state index in [-0.39, 0.29) is 5.92 Å². The first-order valence-corrected chi connectivity index (χ1v) is 11.4. The fraction of sp³-hybridized carbons (Fsp3) is 0.263. The number of hydrogen-bond donors (Lipinski definition) is 0. The maximum absolute atomic E-state index is 13.2. The van der Waals surface area contributed by atoms with E-state index in [9.17, 15) is 8.42 Å². The maximum atomic E-state index is 13.2. The molecule has 0 N–H and O–H groups in total. The summed E-state index contributed by atoms with van der Waals surface area (Å²) in [5.41, 5.74) is 2.18. The van der Waals surface area contributed by atoms with Crippen LogP contribution in [0.5, 0.6) is 0 Å². The third kappa shape index (κ3) is 3.04. The molecule has 0 spiro atoms. The Morgan fingerprint density at radius 3 is 2.32 bits per heavy atom. The normalized spacial score (nSPS) is 23.9. The lowest BCUT2D eigenvalue weighted by atomic mass is 9.85. The molecule has 3 rings (SSSR count). The Hall–Kier alpha value is -1.24. The maximum Gasteiger partial charge on any atom is 0.248 e. The SMILES string of the molecule is CSC1=C(c2ccc(Br)cc2)C=CC(C)(S(=O)(=O)n2cccc2)C1C. The molecule has 1 heterocycles. The first-order chi connectivity index (χ1) is 11.8. The zero-order valence-electron chi connectivity index (χ0n) is 14.3. The molecule has 0 fully saturated rings. The number of aromatic nitrogens is 1. The largest absolute Gasteiger partial charge is 0.252 e. The van der Waals surface area contributed by atoms with Gasteiger partial charge >= 0.3 is 0 Å². The van der Waals surface area contributed by atoms with Gasteiger partial charge in [-0.1, -0.05) is 47.1 Å². The number of nitrogens with zero attached hydrogens (tertiary/aromatic N) is 1. The van der Waals surface area contributed by atoms with Gasteiger partial charge in [-0.15, -0.1) is 11.8 Å². The molecule has 0 aliphatic heterocycles. The van der Waals surface area contributed by atoms with Crippen LogP contribution in [0.15, 0.2) is 70.3 Å². The fourth-order valence-corrected chi connectivity index (χ4v) is 6.20. The molecule has 132 valence electrons. The van der Waals surface area contributed by atoms with Crippen LogP contribution in [0.3, 0.4) is 0 Å². The van der Waals surface area contributed by atoms with Gasteiger partial charge in [-0.05, 0) is 53.5 Å². The molecule has 1 aromatic heterocycles. The summed E-state index contributed by atoms with van der Waals surface area (Å²) in [7, 11) is -3.55. The monoisotopic (exact) mass is 437 g/mol. The summed E-state index contributed by atoms with van der Waals surface area (Å²) >= 11 is 5.08. The van der Waals surface area contributed by atoms with Gasteiger partial charge in [-0.3, -0.25) is 3.97 Å².